The average molecular weight is 900 g/mol. The molecule has 4 aliphatic rings. The number of para-hydroxylation sites is 2. The molecule has 0 radical (unpaired) electrons. The van der Waals surface area contributed by atoms with Crippen molar-refractivity contribution >= 4 is 73.6 Å². The maximum Gasteiger partial charge on any atom is 0.234 e. The van der Waals surface area contributed by atoms with Crippen LogP contribution in [0.1, 0.15) is 56.4 Å². The zero-order chi connectivity index (χ0) is 44.1. The van der Waals surface area contributed by atoms with Crippen molar-refractivity contribution in [3.8, 4) is 5.75 Å². The van der Waals surface area contributed by atoms with Crippen LogP contribution in [0, 0.1) is 5.92 Å². The molecule has 0 aliphatic carbocycles. The minimum absolute atomic E-state index is 0.174. The van der Waals surface area contributed by atoms with Gasteiger partial charge in [-0.25, -0.2) is 13.4 Å². The van der Waals surface area contributed by atoms with Crippen LogP contribution in [-0.2, 0) is 19.6 Å². The SMILES string of the molecule is COc1cc(N2CCC(N3CCN(CCC4CCN(c5ccc(C6CCC(=O)NC6=O)cc5)CC4)CC3)CC2)ccc1Nc1ncc(Cl)c(Nc2ccccc2N(C)S(C)(=O)=O)n1. The van der Waals surface area contributed by atoms with Crippen molar-refractivity contribution < 1.29 is 22.7 Å². The number of amides is 2. The van der Waals surface area contributed by atoms with Gasteiger partial charge in [0.2, 0.25) is 27.8 Å². The Morgan fingerprint density at radius 2 is 1.52 bits per heavy atom. The fraction of sp³-hybridized carbons (Fsp3) is 0.478. The summed E-state index contributed by atoms with van der Waals surface area (Å²) in [6.07, 6.45) is 9.55. The van der Waals surface area contributed by atoms with Gasteiger partial charge in [-0.15, -0.1) is 0 Å². The van der Waals surface area contributed by atoms with Gasteiger partial charge >= 0.3 is 0 Å². The van der Waals surface area contributed by atoms with E-state index in [0.717, 1.165) is 88.6 Å². The first-order valence-corrected chi connectivity index (χ1v) is 24.3. The van der Waals surface area contributed by atoms with Gasteiger partial charge in [-0.2, -0.15) is 4.98 Å². The fourth-order valence-electron chi connectivity index (χ4n) is 9.39. The number of nitrogens with one attached hydrogen (secondary N) is 3. The van der Waals surface area contributed by atoms with Crippen LogP contribution < -0.4 is 34.8 Å². The number of anilines is 7. The molecule has 17 heteroatoms. The molecule has 336 valence electrons. The molecule has 4 aromatic rings. The first kappa shape index (κ1) is 44.4. The van der Waals surface area contributed by atoms with E-state index in [1.165, 1.54) is 49.0 Å². The number of ether oxygens (including phenoxy) is 1. The van der Waals surface area contributed by atoms with E-state index < -0.39 is 10.0 Å². The molecule has 4 saturated heterocycles. The van der Waals surface area contributed by atoms with Crippen LogP contribution in [0.5, 0.6) is 5.75 Å². The first-order valence-electron chi connectivity index (χ1n) is 22.1. The molecule has 0 spiro atoms. The molecule has 0 saturated carbocycles. The Labute approximate surface area is 376 Å². The Hall–Kier alpha value is -5.16. The van der Waals surface area contributed by atoms with Gasteiger partial charge in [0, 0.05) is 89.3 Å². The Bertz CT molecular complexity index is 2350. The van der Waals surface area contributed by atoms with Gasteiger partial charge in [0.05, 0.1) is 42.5 Å². The molecule has 1 atom stereocenters. The van der Waals surface area contributed by atoms with Crippen molar-refractivity contribution in [1.82, 2.24) is 25.1 Å². The Morgan fingerprint density at radius 1 is 0.841 bits per heavy atom. The third kappa shape index (κ3) is 10.8. The summed E-state index contributed by atoms with van der Waals surface area (Å²) in [5, 5.41) is 9.20. The summed E-state index contributed by atoms with van der Waals surface area (Å²) in [4.78, 5) is 43.1. The topological polar surface area (TPSA) is 156 Å². The smallest absolute Gasteiger partial charge is 0.234 e. The van der Waals surface area contributed by atoms with E-state index in [4.69, 9.17) is 16.3 Å². The predicted octanol–water partition coefficient (Wildman–Crippen LogP) is 6.43. The molecule has 5 heterocycles. The van der Waals surface area contributed by atoms with Crippen LogP contribution >= 0.6 is 11.6 Å². The van der Waals surface area contributed by atoms with Crippen LogP contribution in [0.25, 0.3) is 0 Å². The van der Waals surface area contributed by atoms with E-state index >= 15 is 0 Å². The van der Waals surface area contributed by atoms with Crippen molar-refractivity contribution in [1.29, 1.82) is 0 Å². The summed E-state index contributed by atoms with van der Waals surface area (Å²) in [6.45, 7) is 9.77. The Balaban J connectivity index is 0.766. The highest BCUT2D eigenvalue weighted by Crippen LogP contribution is 2.36. The van der Waals surface area contributed by atoms with Gasteiger partial charge in [-0.1, -0.05) is 35.9 Å². The lowest BCUT2D eigenvalue weighted by Gasteiger charge is -2.43. The quantitative estimate of drug-likeness (QED) is 0.119. The van der Waals surface area contributed by atoms with Crippen LogP contribution in [0.3, 0.4) is 0 Å². The molecular weight excluding hydrogens is 840 g/mol. The maximum atomic E-state index is 12.3. The number of hydrogen-bond acceptors (Lipinski definition) is 13. The number of carbonyl (C=O) groups is 2. The number of halogens is 1. The number of methoxy groups -OCH3 is 1. The van der Waals surface area contributed by atoms with Gasteiger partial charge in [0.15, 0.2) is 5.82 Å². The van der Waals surface area contributed by atoms with Crippen LogP contribution in [0.15, 0.2) is 72.9 Å². The number of aromatic nitrogens is 2. The summed E-state index contributed by atoms with van der Waals surface area (Å²) < 4.78 is 31.6. The maximum absolute atomic E-state index is 12.3. The summed E-state index contributed by atoms with van der Waals surface area (Å²) >= 11 is 6.49. The number of nitrogens with zero attached hydrogens (tertiary/aromatic N) is 7. The van der Waals surface area contributed by atoms with Crippen molar-refractivity contribution in [2.75, 3.05) is 104 Å². The zero-order valence-corrected chi connectivity index (χ0v) is 38.0. The van der Waals surface area contributed by atoms with E-state index in [2.05, 4.69) is 81.9 Å². The number of imide groups is 1. The van der Waals surface area contributed by atoms with Crippen molar-refractivity contribution in [2.24, 2.45) is 5.92 Å². The molecule has 2 amide bonds. The summed E-state index contributed by atoms with van der Waals surface area (Å²) in [6, 6.07) is 22.2. The molecule has 8 rings (SSSR count). The standard InChI is InChI=1S/C46H59ClN10O5S/c1-53(63(3,60)61)41-7-5-4-6-39(41)49-44-38(47)31-48-46(52-44)50-40-14-12-36(30-42(40)62-2)56-24-19-35(20-25-56)57-28-26-54(27-29-57)21-16-32-17-22-55(23-18-32)34-10-8-33(9-11-34)37-13-15-43(58)51-45(37)59/h4-12,14,30-32,35,37H,13,15-29H2,1-3H3,(H,51,58,59)(H2,48,49,50,52). The van der Waals surface area contributed by atoms with E-state index in [1.54, 1.807) is 31.4 Å². The lowest BCUT2D eigenvalue weighted by Crippen LogP contribution is -2.53. The van der Waals surface area contributed by atoms with E-state index in [0.29, 0.717) is 53.5 Å². The number of carbonyl (C=O) groups excluding carboxylic acids is 2. The van der Waals surface area contributed by atoms with E-state index in [-0.39, 0.29) is 22.8 Å². The number of hydrogen-bond donors (Lipinski definition) is 3. The van der Waals surface area contributed by atoms with Crippen LogP contribution in [-0.4, -0.2) is 125 Å². The monoisotopic (exact) mass is 898 g/mol. The molecule has 4 aliphatic heterocycles. The number of benzene rings is 3. The molecule has 63 heavy (non-hydrogen) atoms. The van der Waals surface area contributed by atoms with Crippen molar-refractivity contribution in [3.05, 3.63) is 83.5 Å². The Kier molecular flexibility index (Phi) is 13.9. The molecule has 1 aromatic heterocycles. The Morgan fingerprint density at radius 3 is 2.22 bits per heavy atom. The molecule has 0 bridgehead atoms. The first-order chi connectivity index (χ1) is 30.4. The molecule has 1 unspecified atom stereocenters. The van der Waals surface area contributed by atoms with Gasteiger partial charge in [-0.3, -0.25) is 24.1 Å². The van der Waals surface area contributed by atoms with E-state index in [1.807, 2.05) is 6.07 Å². The minimum Gasteiger partial charge on any atom is -0.494 e. The highest BCUT2D eigenvalue weighted by Gasteiger charge is 2.30. The molecule has 4 fully saturated rings. The van der Waals surface area contributed by atoms with Gasteiger partial charge < -0.3 is 30.1 Å². The zero-order valence-electron chi connectivity index (χ0n) is 36.4. The molecule has 15 nitrogen and oxygen atoms in total. The normalized spacial score (nSPS) is 19.8. The van der Waals surface area contributed by atoms with Crippen LogP contribution in [0.2, 0.25) is 5.02 Å². The number of rotatable bonds is 14. The third-order valence-electron chi connectivity index (χ3n) is 13.3. The summed E-state index contributed by atoms with van der Waals surface area (Å²) in [5.74, 6) is 1.46. The van der Waals surface area contributed by atoms with E-state index in [9.17, 15) is 18.0 Å². The molecular formula is C46H59ClN10O5S. The summed E-state index contributed by atoms with van der Waals surface area (Å²) in [5.41, 5.74) is 5.01. The van der Waals surface area contributed by atoms with Gasteiger partial charge in [0.25, 0.3) is 0 Å². The number of piperazine rings is 1. The van der Waals surface area contributed by atoms with Gasteiger partial charge in [-0.05, 0) is 92.9 Å². The lowest BCUT2D eigenvalue weighted by atomic mass is 9.90. The second-order valence-corrected chi connectivity index (χ2v) is 19.6. The van der Waals surface area contributed by atoms with Gasteiger partial charge in [0.1, 0.15) is 10.8 Å². The third-order valence-corrected chi connectivity index (χ3v) is 14.8. The molecule has 3 N–H and O–H groups in total. The minimum atomic E-state index is -3.49. The second kappa shape index (κ2) is 19.7. The predicted molar refractivity (Wildman–Crippen MR) is 251 cm³/mol. The average Bonchev–Trinajstić information content (AvgIpc) is 3.30. The largest absolute Gasteiger partial charge is 0.494 e. The highest BCUT2D eigenvalue weighted by atomic mass is 35.5. The number of piperidine rings is 3. The highest BCUT2D eigenvalue weighted by molar-refractivity contribution is 7.92. The fourth-order valence-corrected chi connectivity index (χ4v) is 10.0. The summed E-state index contributed by atoms with van der Waals surface area (Å²) in [7, 11) is -0.343. The second-order valence-electron chi connectivity index (χ2n) is 17.2. The van der Waals surface area contributed by atoms with Crippen LogP contribution in [0.4, 0.5) is 40.2 Å². The van der Waals surface area contributed by atoms with Crippen molar-refractivity contribution in [3.63, 3.8) is 0 Å². The number of sulfonamides is 1. The lowest BCUT2D eigenvalue weighted by molar-refractivity contribution is -0.134. The van der Waals surface area contributed by atoms with Crippen molar-refractivity contribution in [2.45, 2.75) is 56.9 Å². The molecule has 3 aromatic carbocycles.